The molecule has 3 aromatic rings. The van der Waals surface area contributed by atoms with E-state index in [1.165, 1.54) is 0 Å². The lowest BCUT2D eigenvalue weighted by atomic mass is 9.95. The van der Waals surface area contributed by atoms with E-state index in [0.29, 0.717) is 19.4 Å². The lowest BCUT2D eigenvalue weighted by Crippen LogP contribution is -2.24. The van der Waals surface area contributed by atoms with E-state index in [1.54, 1.807) is 0 Å². The minimum absolute atomic E-state index is 0.139. The number of hydrogen-bond donors (Lipinski definition) is 2. The first-order chi connectivity index (χ1) is 14.5. The molecule has 1 unspecified atom stereocenters. The summed E-state index contributed by atoms with van der Waals surface area (Å²) in [7, 11) is 0. The van der Waals surface area contributed by atoms with Gasteiger partial charge in [0.2, 0.25) is 5.91 Å². The number of amides is 1. The van der Waals surface area contributed by atoms with Gasteiger partial charge >= 0.3 is 5.97 Å². The Hall–Kier alpha value is -3.41. The zero-order valence-electron chi connectivity index (χ0n) is 16.6. The van der Waals surface area contributed by atoms with E-state index in [9.17, 15) is 14.7 Å². The monoisotopic (exact) mass is 402 g/mol. The van der Waals surface area contributed by atoms with Crippen LogP contribution in [0.25, 0.3) is 10.9 Å². The van der Waals surface area contributed by atoms with Crippen LogP contribution in [-0.2, 0) is 16.2 Å². The Bertz CT molecular complexity index is 1160. The average Bonchev–Trinajstić information content (AvgIpc) is 3.38. The summed E-state index contributed by atoms with van der Waals surface area (Å²) in [6.45, 7) is 2.41. The zero-order chi connectivity index (χ0) is 20.9. The molecule has 2 aromatic carbocycles. The van der Waals surface area contributed by atoms with Crippen LogP contribution in [0, 0.1) is 18.3 Å². The van der Waals surface area contributed by atoms with Crippen molar-refractivity contribution in [3.05, 3.63) is 71.4 Å². The Balaban J connectivity index is 1.28. The maximum Gasteiger partial charge on any atom is 0.307 e. The molecular weight excluding hydrogens is 380 g/mol. The van der Waals surface area contributed by atoms with Crippen LogP contribution in [0.5, 0.6) is 5.75 Å². The van der Waals surface area contributed by atoms with Gasteiger partial charge in [0.05, 0.1) is 22.9 Å². The van der Waals surface area contributed by atoms with E-state index >= 15 is 0 Å². The normalized spacial score (nSPS) is 24.8. The Labute approximate surface area is 173 Å². The zero-order valence-corrected chi connectivity index (χ0v) is 16.6. The second-order valence-electron chi connectivity index (χ2n) is 8.28. The average molecular weight is 402 g/mol. The number of ether oxygens (including phenoxy) is 1. The smallest absolute Gasteiger partial charge is 0.307 e. The summed E-state index contributed by atoms with van der Waals surface area (Å²) < 4.78 is 6.00. The van der Waals surface area contributed by atoms with Gasteiger partial charge in [-0.15, -0.1) is 0 Å². The molecule has 1 amide bonds. The number of carbonyl (C=O) groups is 2. The third-order valence-electron chi connectivity index (χ3n) is 6.31. The second kappa shape index (κ2) is 6.83. The summed E-state index contributed by atoms with van der Waals surface area (Å²) in [6, 6.07) is 17.6. The number of carbonyl (C=O) groups excluding carboxylic acids is 1. The van der Waals surface area contributed by atoms with Crippen molar-refractivity contribution in [2.24, 2.45) is 11.3 Å². The van der Waals surface area contributed by atoms with Crippen LogP contribution < -0.4 is 10.1 Å². The number of aryl methyl sites for hydroxylation is 1. The highest BCUT2D eigenvalue weighted by atomic mass is 16.5. The standard InChI is InChI=1S/C24H22N2O4/c1-14-10-16(18-4-2-3-5-20(18)25-14)13-30-17-8-6-15(7-9-17)21-12-24(23(29)26-21)11-19(24)22(27)28/h2-10,19,21H,11-13H2,1H3,(H,26,29)(H,27,28)/t19-,21?,24-/m1/s1. The van der Waals surface area contributed by atoms with Gasteiger partial charge in [-0.3, -0.25) is 14.6 Å². The molecule has 1 saturated heterocycles. The van der Waals surface area contributed by atoms with E-state index in [-0.39, 0.29) is 11.9 Å². The van der Waals surface area contributed by atoms with Crippen molar-refractivity contribution in [2.45, 2.75) is 32.4 Å². The Morgan fingerprint density at radius 3 is 2.70 bits per heavy atom. The molecule has 1 saturated carbocycles. The van der Waals surface area contributed by atoms with E-state index in [2.05, 4.69) is 10.3 Å². The maximum atomic E-state index is 12.3. The number of fused-ring (bicyclic) bond motifs is 1. The maximum absolute atomic E-state index is 12.3. The predicted molar refractivity (Wildman–Crippen MR) is 111 cm³/mol. The fourth-order valence-electron chi connectivity index (χ4n) is 4.59. The molecule has 2 aliphatic rings. The Morgan fingerprint density at radius 1 is 1.20 bits per heavy atom. The summed E-state index contributed by atoms with van der Waals surface area (Å²) in [5, 5.41) is 13.3. The first-order valence-electron chi connectivity index (χ1n) is 10.1. The van der Waals surface area contributed by atoms with Gasteiger partial charge in [-0.1, -0.05) is 30.3 Å². The van der Waals surface area contributed by atoms with Crippen molar-refractivity contribution in [1.29, 1.82) is 0 Å². The summed E-state index contributed by atoms with van der Waals surface area (Å²) >= 11 is 0. The molecule has 2 N–H and O–H groups in total. The fourth-order valence-corrected chi connectivity index (χ4v) is 4.59. The molecule has 5 rings (SSSR count). The second-order valence-corrected chi connectivity index (χ2v) is 8.28. The van der Waals surface area contributed by atoms with E-state index in [4.69, 9.17) is 4.74 Å². The summed E-state index contributed by atoms with van der Waals surface area (Å²) in [6.07, 6.45) is 0.969. The van der Waals surface area contributed by atoms with Gasteiger partial charge in [-0.25, -0.2) is 0 Å². The molecule has 6 heteroatoms. The van der Waals surface area contributed by atoms with Gasteiger partial charge in [-0.2, -0.15) is 0 Å². The van der Waals surface area contributed by atoms with Gasteiger partial charge in [0.15, 0.2) is 0 Å². The molecule has 1 aliphatic heterocycles. The van der Waals surface area contributed by atoms with Crippen molar-refractivity contribution in [2.75, 3.05) is 0 Å². The molecule has 2 heterocycles. The third kappa shape index (κ3) is 3.09. The van der Waals surface area contributed by atoms with Crippen molar-refractivity contribution in [1.82, 2.24) is 10.3 Å². The molecule has 2 fully saturated rings. The Kier molecular flexibility index (Phi) is 4.24. The van der Waals surface area contributed by atoms with Crippen LogP contribution >= 0.6 is 0 Å². The molecule has 30 heavy (non-hydrogen) atoms. The number of aromatic nitrogens is 1. The van der Waals surface area contributed by atoms with Crippen molar-refractivity contribution in [3.63, 3.8) is 0 Å². The number of carboxylic acid groups (broad SMARTS) is 1. The quantitative estimate of drug-likeness (QED) is 0.678. The minimum Gasteiger partial charge on any atom is -0.489 e. The van der Waals surface area contributed by atoms with Crippen LogP contribution in [0.3, 0.4) is 0 Å². The van der Waals surface area contributed by atoms with E-state index in [0.717, 1.165) is 33.5 Å². The Morgan fingerprint density at radius 2 is 1.97 bits per heavy atom. The molecular formula is C24H22N2O4. The molecule has 0 bridgehead atoms. The first kappa shape index (κ1) is 18.6. The molecule has 1 spiro atoms. The summed E-state index contributed by atoms with van der Waals surface area (Å²) in [5.74, 6) is -0.830. The van der Waals surface area contributed by atoms with Crippen molar-refractivity contribution in [3.8, 4) is 5.75 Å². The number of aliphatic carboxylic acids is 1. The highest BCUT2D eigenvalue weighted by Gasteiger charge is 2.67. The van der Waals surface area contributed by atoms with Gasteiger partial charge in [0.25, 0.3) is 0 Å². The van der Waals surface area contributed by atoms with E-state index < -0.39 is 17.3 Å². The molecule has 152 valence electrons. The van der Waals surface area contributed by atoms with E-state index in [1.807, 2.05) is 61.5 Å². The topological polar surface area (TPSA) is 88.5 Å². The highest BCUT2D eigenvalue weighted by molar-refractivity contribution is 5.95. The number of para-hydroxylation sites is 1. The largest absolute Gasteiger partial charge is 0.489 e. The van der Waals surface area contributed by atoms with Crippen LogP contribution in [0.4, 0.5) is 0 Å². The molecule has 0 radical (unpaired) electrons. The summed E-state index contributed by atoms with van der Waals surface area (Å²) in [4.78, 5) is 28.1. The SMILES string of the molecule is Cc1cc(COc2ccc(C3C[C@@]4(C[C@@H]4C(=O)O)C(=O)N3)cc2)c2ccccc2n1. The molecule has 1 aromatic heterocycles. The number of pyridine rings is 1. The number of carboxylic acids is 1. The lowest BCUT2D eigenvalue weighted by molar-refractivity contribution is -0.141. The minimum atomic E-state index is -0.881. The third-order valence-corrected chi connectivity index (χ3v) is 6.31. The number of nitrogens with one attached hydrogen (secondary N) is 1. The van der Waals surface area contributed by atoms with Crippen molar-refractivity contribution < 1.29 is 19.4 Å². The van der Waals surface area contributed by atoms with Crippen LogP contribution in [0.1, 0.15) is 35.7 Å². The number of benzene rings is 2. The molecule has 1 aliphatic carbocycles. The van der Waals surface area contributed by atoms with Gasteiger partial charge in [0, 0.05) is 16.6 Å². The van der Waals surface area contributed by atoms with Crippen LogP contribution in [-0.4, -0.2) is 22.0 Å². The fraction of sp³-hybridized carbons (Fsp3) is 0.292. The van der Waals surface area contributed by atoms with Gasteiger partial charge in [0.1, 0.15) is 12.4 Å². The van der Waals surface area contributed by atoms with Crippen molar-refractivity contribution >= 4 is 22.8 Å². The van der Waals surface area contributed by atoms with Gasteiger partial charge in [-0.05, 0) is 49.6 Å². The lowest BCUT2D eigenvalue weighted by Gasteiger charge is -2.13. The van der Waals surface area contributed by atoms with Crippen LogP contribution in [0.2, 0.25) is 0 Å². The predicted octanol–water partition coefficient (Wildman–Crippen LogP) is 3.77. The van der Waals surface area contributed by atoms with Gasteiger partial charge < -0.3 is 15.2 Å². The number of rotatable bonds is 5. The van der Waals surface area contributed by atoms with Crippen LogP contribution in [0.15, 0.2) is 54.6 Å². The molecule has 6 nitrogen and oxygen atoms in total. The molecule has 3 atom stereocenters. The summed E-state index contributed by atoms with van der Waals surface area (Å²) in [5.41, 5.74) is 3.24. The first-order valence-corrected chi connectivity index (χ1v) is 10.1. The highest BCUT2D eigenvalue weighted by Crippen LogP contribution is 2.60. The number of nitrogens with zero attached hydrogens (tertiary/aromatic N) is 1. The number of hydrogen-bond acceptors (Lipinski definition) is 4.